The molecule has 2 aliphatic heterocycles. The second-order valence-electron chi connectivity index (χ2n) is 8.16. The SMILES string of the molecule is Cc1cc2oc3c(c(=O)c2cc1C)[C@H](c1cccc(Cl)c1)N(C[C@@H]1CCCO1)C3=O. The number of carbonyl (C=O) groups is 1. The Hall–Kier alpha value is -2.63. The van der Waals surface area contributed by atoms with Gasteiger partial charge in [-0.3, -0.25) is 9.59 Å². The number of carbonyl (C=O) groups excluding carboxylic acids is 1. The molecule has 1 fully saturated rings. The van der Waals surface area contributed by atoms with Crippen LogP contribution >= 0.6 is 11.6 Å². The minimum Gasteiger partial charge on any atom is -0.450 e. The zero-order valence-corrected chi connectivity index (χ0v) is 17.7. The largest absolute Gasteiger partial charge is 0.450 e. The summed E-state index contributed by atoms with van der Waals surface area (Å²) in [7, 11) is 0. The highest BCUT2D eigenvalue weighted by Gasteiger charge is 2.44. The monoisotopic (exact) mass is 423 g/mol. The second-order valence-corrected chi connectivity index (χ2v) is 8.59. The van der Waals surface area contributed by atoms with Crippen molar-refractivity contribution < 1.29 is 13.9 Å². The van der Waals surface area contributed by atoms with Gasteiger partial charge in [-0.05, 0) is 67.6 Å². The summed E-state index contributed by atoms with van der Waals surface area (Å²) in [5.74, 6) is -0.151. The Morgan fingerprint density at radius 2 is 1.93 bits per heavy atom. The summed E-state index contributed by atoms with van der Waals surface area (Å²) in [6, 6.07) is 10.4. The first-order valence-electron chi connectivity index (χ1n) is 10.2. The lowest BCUT2D eigenvalue weighted by Crippen LogP contribution is -2.36. The number of amides is 1. The van der Waals surface area contributed by atoms with Gasteiger partial charge >= 0.3 is 0 Å². The van der Waals surface area contributed by atoms with E-state index in [1.165, 1.54) is 0 Å². The molecule has 6 heteroatoms. The van der Waals surface area contributed by atoms with E-state index in [2.05, 4.69) is 0 Å². The lowest BCUT2D eigenvalue weighted by Gasteiger charge is -2.27. The van der Waals surface area contributed by atoms with Crippen LogP contribution in [0.4, 0.5) is 0 Å². The quantitative estimate of drug-likeness (QED) is 0.607. The topological polar surface area (TPSA) is 59.8 Å². The van der Waals surface area contributed by atoms with Gasteiger partial charge in [-0.2, -0.15) is 0 Å². The smallest absolute Gasteiger partial charge is 0.291 e. The second kappa shape index (κ2) is 7.25. The van der Waals surface area contributed by atoms with Crippen molar-refractivity contribution in [3.8, 4) is 0 Å². The maximum Gasteiger partial charge on any atom is 0.291 e. The molecule has 0 bridgehead atoms. The predicted octanol–water partition coefficient (Wildman–Crippen LogP) is 4.79. The Bertz CT molecular complexity index is 1230. The van der Waals surface area contributed by atoms with Crippen molar-refractivity contribution in [1.29, 1.82) is 0 Å². The van der Waals surface area contributed by atoms with E-state index in [4.69, 9.17) is 20.8 Å². The Morgan fingerprint density at radius 3 is 2.67 bits per heavy atom. The molecule has 1 aromatic heterocycles. The lowest BCUT2D eigenvalue weighted by atomic mass is 9.97. The molecule has 2 aliphatic rings. The van der Waals surface area contributed by atoms with E-state index < -0.39 is 6.04 Å². The van der Waals surface area contributed by atoms with Crippen molar-refractivity contribution in [3.63, 3.8) is 0 Å². The van der Waals surface area contributed by atoms with Gasteiger partial charge < -0.3 is 14.1 Å². The van der Waals surface area contributed by atoms with E-state index in [9.17, 15) is 9.59 Å². The molecule has 1 amide bonds. The molecule has 0 spiro atoms. The van der Waals surface area contributed by atoms with Crippen molar-refractivity contribution in [2.75, 3.05) is 13.2 Å². The number of fused-ring (bicyclic) bond motifs is 2. The molecule has 154 valence electrons. The third-order valence-corrected chi connectivity index (χ3v) is 6.41. The Labute approximate surface area is 179 Å². The molecule has 2 aromatic carbocycles. The number of hydrogen-bond acceptors (Lipinski definition) is 4. The number of ether oxygens (including phenoxy) is 1. The minimum absolute atomic E-state index is 0.0426. The summed E-state index contributed by atoms with van der Waals surface area (Å²) in [6.45, 7) is 5.03. The van der Waals surface area contributed by atoms with Crippen molar-refractivity contribution in [3.05, 3.63) is 79.7 Å². The normalized spacial score (nSPS) is 20.9. The summed E-state index contributed by atoms with van der Waals surface area (Å²) in [5.41, 5.74) is 3.48. The van der Waals surface area contributed by atoms with Crippen LogP contribution in [0.2, 0.25) is 5.02 Å². The number of halogens is 1. The first-order valence-corrected chi connectivity index (χ1v) is 10.6. The fourth-order valence-corrected chi connectivity index (χ4v) is 4.69. The molecule has 0 unspecified atom stereocenters. The molecular formula is C24H22ClNO4. The van der Waals surface area contributed by atoms with Gasteiger partial charge in [0.15, 0.2) is 5.43 Å². The summed E-state index contributed by atoms with van der Waals surface area (Å²) in [5, 5.41) is 1.05. The first-order chi connectivity index (χ1) is 14.4. The maximum atomic E-state index is 13.6. The van der Waals surface area contributed by atoms with Gasteiger partial charge in [-0.25, -0.2) is 0 Å². The summed E-state index contributed by atoms with van der Waals surface area (Å²) in [6.07, 6.45) is 1.82. The molecule has 5 nitrogen and oxygen atoms in total. The van der Waals surface area contributed by atoms with E-state index in [-0.39, 0.29) is 23.2 Å². The van der Waals surface area contributed by atoms with Gasteiger partial charge in [0.2, 0.25) is 5.76 Å². The highest BCUT2D eigenvalue weighted by Crippen LogP contribution is 2.39. The molecule has 0 saturated carbocycles. The van der Waals surface area contributed by atoms with E-state index in [0.29, 0.717) is 34.7 Å². The number of benzene rings is 2. The molecule has 5 rings (SSSR count). The third kappa shape index (κ3) is 3.04. The molecule has 2 atom stereocenters. The van der Waals surface area contributed by atoms with Crippen molar-refractivity contribution >= 4 is 28.5 Å². The van der Waals surface area contributed by atoms with Crippen LogP contribution in [-0.4, -0.2) is 30.1 Å². The Kier molecular flexibility index (Phi) is 4.68. The fourth-order valence-electron chi connectivity index (χ4n) is 4.49. The lowest BCUT2D eigenvalue weighted by molar-refractivity contribution is 0.0486. The van der Waals surface area contributed by atoms with Crippen molar-refractivity contribution in [2.24, 2.45) is 0 Å². The third-order valence-electron chi connectivity index (χ3n) is 6.17. The molecule has 0 radical (unpaired) electrons. The number of aryl methyl sites for hydroxylation is 2. The van der Waals surface area contributed by atoms with E-state index in [0.717, 1.165) is 29.5 Å². The molecule has 3 aromatic rings. The average Bonchev–Trinajstić information content (AvgIpc) is 3.32. The highest BCUT2D eigenvalue weighted by molar-refractivity contribution is 6.30. The van der Waals surface area contributed by atoms with Crippen LogP contribution in [0, 0.1) is 13.8 Å². The zero-order chi connectivity index (χ0) is 21.0. The fraction of sp³-hybridized carbons (Fsp3) is 0.333. The van der Waals surface area contributed by atoms with Crippen LogP contribution in [0.15, 0.2) is 45.6 Å². The van der Waals surface area contributed by atoms with Crippen LogP contribution in [0.25, 0.3) is 11.0 Å². The Morgan fingerprint density at radius 1 is 1.13 bits per heavy atom. The zero-order valence-electron chi connectivity index (χ0n) is 16.9. The summed E-state index contributed by atoms with van der Waals surface area (Å²) >= 11 is 6.25. The van der Waals surface area contributed by atoms with E-state index >= 15 is 0 Å². The number of hydrogen-bond donors (Lipinski definition) is 0. The van der Waals surface area contributed by atoms with E-state index in [1.807, 2.05) is 38.1 Å². The van der Waals surface area contributed by atoms with Crippen molar-refractivity contribution in [2.45, 2.75) is 38.8 Å². The summed E-state index contributed by atoms with van der Waals surface area (Å²) in [4.78, 5) is 28.7. The van der Waals surface area contributed by atoms with Gasteiger partial charge in [0.1, 0.15) is 5.58 Å². The van der Waals surface area contributed by atoms with E-state index in [1.54, 1.807) is 17.0 Å². The predicted molar refractivity (Wildman–Crippen MR) is 115 cm³/mol. The molecule has 30 heavy (non-hydrogen) atoms. The standard InChI is InChI=1S/C24H22ClNO4/c1-13-9-18-19(10-14(13)2)30-23-20(22(18)27)21(15-5-3-6-16(25)11-15)26(24(23)28)12-17-7-4-8-29-17/h3,5-6,9-11,17,21H,4,7-8,12H2,1-2H3/t17-,21-/m0/s1. The van der Waals surface area contributed by atoms with Crippen molar-refractivity contribution in [1.82, 2.24) is 4.90 Å². The molecular weight excluding hydrogens is 402 g/mol. The first kappa shape index (κ1) is 19.3. The summed E-state index contributed by atoms with van der Waals surface area (Å²) < 4.78 is 11.8. The minimum atomic E-state index is -0.544. The number of rotatable bonds is 3. The van der Waals surface area contributed by atoms with Crippen LogP contribution in [0.3, 0.4) is 0 Å². The molecule has 0 N–H and O–H groups in total. The van der Waals surface area contributed by atoms with Gasteiger partial charge in [-0.15, -0.1) is 0 Å². The average molecular weight is 424 g/mol. The number of nitrogens with zero attached hydrogens (tertiary/aromatic N) is 1. The van der Waals surface area contributed by atoms with Crippen LogP contribution < -0.4 is 5.43 Å². The van der Waals surface area contributed by atoms with Crippen LogP contribution in [0.5, 0.6) is 0 Å². The van der Waals surface area contributed by atoms with Crippen LogP contribution in [0.1, 0.15) is 51.7 Å². The van der Waals surface area contributed by atoms with Crippen LogP contribution in [-0.2, 0) is 4.74 Å². The molecule has 0 aliphatic carbocycles. The molecule has 3 heterocycles. The van der Waals surface area contributed by atoms with Gasteiger partial charge in [-0.1, -0.05) is 23.7 Å². The van der Waals surface area contributed by atoms with Gasteiger partial charge in [0.25, 0.3) is 5.91 Å². The molecule has 1 saturated heterocycles. The van der Waals surface area contributed by atoms with Gasteiger partial charge in [0.05, 0.1) is 23.1 Å². The highest BCUT2D eigenvalue weighted by atomic mass is 35.5. The Balaban J connectivity index is 1.73. The van der Waals surface area contributed by atoms with Gasteiger partial charge in [0, 0.05) is 18.2 Å². The maximum absolute atomic E-state index is 13.6.